The van der Waals surface area contributed by atoms with Gasteiger partial charge in [0.15, 0.2) is 5.82 Å². The molecule has 5 heteroatoms. The van der Waals surface area contributed by atoms with Crippen molar-refractivity contribution in [3.63, 3.8) is 0 Å². The van der Waals surface area contributed by atoms with Crippen LogP contribution in [0.2, 0.25) is 0 Å². The summed E-state index contributed by atoms with van der Waals surface area (Å²) in [6, 6.07) is 30.7. The molecule has 0 atom stereocenters. The third kappa shape index (κ3) is 3.10. The van der Waals surface area contributed by atoms with Crippen LogP contribution in [0.4, 0.5) is 0 Å². The highest BCUT2D eigenvalue weighted by Crippen LogP contribution is 2.36. The van der Waals surface area contributed by atoms with Gasteiger partial charge in [-0.1, -0.05) is 76.6 Å². The molecular weight excluding hydrogens is 460 g/mol. The predicted octanol–water partition coefficient (Wildman–Crippen LogP) is 7.07. The molecule has 0 radical (unpaired) electrons. The van der Waals surface area contributed by atoms with Crippen molar-refractivity contribution in [2.45, 2.75) is 0 Å². The molecule has 0 aliphatic heterocycles. The molecule has 0 bridgehead atoms. The number of hydrogen-bond acceptors (Lipinski definition) is 3. The lowest BCUT2D eigenvalue weighted by Crippen LogP contribution is -2.02. The molecule has 3 aromatic heterocycles. The first-order valence-electron chi connectivity index (χ1n) is 10.3. The number of nitrogens with zero attached hydrogens (tertiary/aromatic N) is 4. The smallest absolute Gasteiger partial charge is 0.159 e. The van der Waals surface area contributed by atoms with Crippen LogP contribution in [-0.2, 0) is 0 Å². The van der Waals surface area contributed by atoms with E-state index >= 15 is 0 Å². The Morgan fingerprint density at radius 3 is 2.22 bits per heavy atom. The standard InChI is InChI=1S/C27H17BrN4/c28-20-13-14-21-23(16-20)32(22-12-7-15-29-26(21)22)24-17-30-27(19-10-5-2-6-11-19)31-25(24)18-8-3-1-4-9-18/h1-17H. The Bertz CT molecular complexity index is 1570. The van der Waals surface area contributed by atoms with Crippen LogP contribution in [0.3, 0.4) is 0 Å². The van der Waals surface area contributed by atoms with E-state index in [0.29, 0.717) is 5.82 Å². The van der Waals surface area contributed by atoms with Gasteiger partial charge in [0.05, 0.1) is 34.1 Å². The zero-order valence-electron chi connectivity index (χ0n) is 17.0. The Hall–Kier alpha value is -3.83. The predicted molar refractivity (Wildman–Crippen MR) is 133 cm³/mol. The van der Waals surface area contributed by atoms with E-state index in [1.807, 2.05) is 73.1 Å². The minimum Gasteiger partial charge on any atom is -0.304 e. The topological polar surface area (TPSA) is 43.6 Å². The van der Waals surface area contributed by atoms with Gasteiger partial charge >= 0.3 is 0 Å². The molecule has 4 nitrogen and oxygen atoms in total. The van der Waals surface area contributed by atoms with Crippen molar-refractivity contribution in [3.8, 4) is 28.3 Å². The summed E-state index contributed by atoms with van der Waals surface area (Å²) in [4.78, 5) is 14.5. The van der Waals surface area contributed by atoms with Gasteiger partial charge in [-0.2, -0.15) is 0 Å². The van der Waals surface area contributed by atoms with Crippen LogP contribution in [0.25, 0.3) is 50.3 Å². The van der Waals surface area contributed by atoms with E-state index in [2.05, 4.69) is 55.8 Å². The molecule has 0 N–H and O–H groups in total. The van der Waals surface area contributed by atoms with Crippen molar-refractivity contribution in [1.29, 1.82) is 0 Å². The van der Waals surface area contributed by atoms with Gasteiger partial charge in [0.1, 0.15) is 0 Å². The fraction of sp³-hybridized carbons (Fsp3) is 0. The second-order valence-electron chi connectivity index (χ2n) is 7.53. The lowest BCUT2D eigenvalue weighted by molar-refractivity contribution is 1.08. The van der Waals surface area contributed by atoms with Gasteiger partial charge in [-0.15, -0.1) is 0 Å². The molecule has 0 fully saturated rings. The van der Waals surface area contributed by atoms with Gasteiger partial charge in [0.25, 0.3) is 0 Å². The number of pyridine rings is 1. The Balaban J connectivity index is 1.71. The summed E-state index contributed by atoms with van der Waals surface area (Å²) in [5.74, 6) is 0.702. The second kappa shape index (κ2) is 7.70. The number of hydrogen-bond donors (Lipinski definition) is 0. The average molecular weight is 477 g/mol. The maximum atomic E-state index is 5.04. The largest absolute Gasteiger partial charge is 0.304 e. The molecule has 3 heterocycles. The lowest BCUT2D eigenvalue weighted by atomic mass is 10.1. The van der Waals surface area contributed by atoms with E-state index in [9.17, 15) is 0 Å². The van der Waals surface area contributed by atoms with Gasteiger partial charge in [0, 0.05) is 27.2 Å². The summed E-state index contributed by atoms with van der Waals surface area (Å²) < 4.78 is 3.22. The van der Waals surface area contributed by atoms with E-state index < -0.39 is 0 Å². The first kappa shape index (κ1) is 18.9. The zero-order valence-corrected chi connectivity index (χ0v) is 18.6. The van der Waals surface area contributed by atoms with Gasteiger partial charge in [-0.05, 0) is 30.3 Å². The van der Waals surface area contributed by atoms with Crippen molar-refractivity contribution in [3.05, 3.63) is 108 Å². The third-order valence-electron chi connectivity index (χ3n) is 5.57. The molecule has 6 aromatic rings. The number of halogens is 1. The van der Waals surface area contributed by atoms with Gasteiger partial charge < -0.3 is 4.57 Å². The highest BCUT2D eigenvalue weighted by Gasteiger charge is 2.18. The minimum absolute atomic E-state index is 0.702. The maximum absolute atomic E-state index is 5.04. The summed E-state index contributed by atoms with van der Waals surface area (Å²) >= 11 is 3.64. The van der Waals surface area contributed by atoms with Crippen LogP contribution in [0.15, 0.2) is 108 Å². The molecule has 3 aromatic carbocycles. The van der Waals surface area contributed by atoms with Crippen molar-refractivity contribution in [2.24, 2.45) is 0 Å². The molecular formula is C27H17BrN4. The van der Waals surface area contributed by atoms with Gasteiger partial charge in [-0.3, -0.25) is 4.98 Å². The molecule has 32 heavy (non-hydrogen) atoms. The van der Waals surface area contributed by atoms with Gasteiger partial charge in [0.2, 0.25) is 0 Å². The summed E-state index contributed by atoms with van der Waals surface area (Å²) in [5.41, 5.74) is 6.86. The number of rotatable bonds is 3. The highest BCUT2D eigenvalue weighted by atomic mass is 79.9. The van der Waals surface area contributed by atoms with Crippen molar-refractivity contribution in [1.82, 2.24) is 19.5 Å². The second-order valence-corrected chi connectivity index (χ2v) is 8.44. The quantitative estimate of drug-likeness (QED) is 0.274. The molecule has 0 aliphatic carbocycles. The number of benzene rings is 3. The molecule has 152 valence electrons. The fourth-order valence-electron chi connectivity index (χ4n) is 4.14. The van der Waals surface area contributed by atoms with E-state index in [1.165, 1.54) is 0 Å². The van der Waals surface area contributed by atoms with E-state index in [1.54, 1.807) is 0 Å². The van der Waals surface area contributed by atoms with Crippen LogP contribution < -0.4 is 0 Å². The zero-order chi connectivity index (χ0) is 21.5. The Morgan fingerprint density at radius 2 is 1.44 bits per heavy atom. The first-order valence-corrected chi connectivity index (χ1v) is 11.1. The fourth-order valence-corrected chi connectivity index (χ4v) is 4.49. The molecule has 0 spiro atoms. The minimum atomic E-state index is 0.702. The van der Waals surface area contributed by atoms with Crippen LogP contribution in [0.5, 0.6) is 0 Å². The number of aromatic nitrogens is 4. The molecule has 6 rings (SSSR count). The van der Waals surface area contributed by atoms with Crippen LogP contribution in [0.1, 0.15) is 0 Å². The highest BCUT2D eigenvalue weighted by molar-refractivity contribution is 9.10. The number of fused-ring (bicyclic) bond motifs is 3. The summed E-state index contributed by atoms with van der Waals surface area (Å²) in [6.07, 6.45) is 3.76. The van der Waals surface area contributed by atoms with Crippen molar-refractivity contribution in [2.75, 3.05) is 0 Å². The monoisotopic (exact) mass is 476 g/mol. The SMILES string of the molecule is Brc1ccc2c3ncccc3n(-c3cnc(-c4ccccc4)nc3-c3ccccc3)c2c1. The average Bonchev–Trinajstić information content (AvgIpc) is 3.18. The van der Waals surface area contributed by atoms with E-state index in [4.69, 9.17) is 9.97 Å². The normalized spacial score (nSPS) is 11.3. The van der Waals surface area contributed by atoms with E-state index in [0.717, 1.165) is 48.9 Å². The molecule has 0 unspecified atom stereocenters. The maximum Gasteiger partial charge on any atom is 0.159 e. The first-order chi connectivity index (χ1) is 15.8. The molecule has 0 saturated carbocycles. The van der Waals surface area contributed by atoms with Crippen LogP contribution in [0, 0.1) is 0 Å². The van der Waals surface area contributed by atoms with Crippen molar-refractivity contribution < 1.29 is 0 Å². The Kier molecular flexibility index (Phi) is 4.55. The van der Waals surface area contributed by atoms with Gasteiger partial charge in [-0.25, -0.2) is 9.97 Å². The summed E-state index contributed by atoms with van der Waals surface area (Å²) in [6.45, 7) is 0. The van der Waals surface area contributed by atoms with Crippen LogP contribution >= 0.6 is 15.9 Å². The Labute approximate surface area is 193 Å². The summed E-state index contributed by atoms with van der Waals surface area (Å²) in [5, 5.41) is 1.09. The van der Waals surface area contributed by atoms with E-state index in [-0.39, 0.29) is 0 Å². The lowest BCUT2D eigenvalue weighted by Gasteiger charge is -2.14. The van der Waals surface area contributed by atoms with Crippen molar-refractivity contribution >= 4 is 37.9 Å². The molecule has 0 saturated heterocycles. The third-order valence-corrected chi connectivity index (χ3v) is 6.07. The molecule has 0 aliphatic rings. The van der Waals surface area contributed by atoms with Crippen LogP contribution in [-0.4, -0.2) is 19.5 Å². The Morgan fingerprint density at radius 1 is 0.688 bits per heavy atom. The molecule has 0 amide bonds. The summed E-state index contributed by atoms with van der Waals surface area (Å²) in [7, 11) is 0.